The molecule has 6 nitrogen and oxygen atoms in total. The summed E-state index contributed by atoms with van der Waals surface area (Å²) < 4.78 is 10.6. The molecule has 0 bridgehead atoms. The molecule has 1 atom stereocenters. The summed E-state index contributed by atoms with van der Waals surface area (Å²) in [7, 11) is 0. The second-order valence-electron chi connectivity index (χ2n) is 6.04. The number of aromatic nitrogens is 2. The number of carbonyl (C=O) groups is 1. The molecule has 1 aromatic carbocycles. The van der Waals surface area contributed by atoms with Gasteiger partial charge in [-0.3, -0.25) is 9.89 Å². The van der Waals surface area contributed by atoms with Gasteiger partial charge in [0.25, 0.3) is 0 Å². The van der Waals surface area contributed by atoms with Crippen molar-refractivity contribution < 1.29 is 14.3 Å². The molecule has 2 heterocycles. The van der Waals surface area contributed by atoms with Crippen LogP contribution in [0.15, 0.2) is 12.1 Å². The Morgan fingerprint density at radius 3 is 2.92 bits per heavy atom. The predicted molar refractivity (Wildman–Crippen MR) is 90.5 cm³/mol. The van der Waals surface area contributed by atoms with E-state index in [1.54, 1.807) is 6.07 Å². The maximum Gasteiger partial charge on any atom is 0.231 e. The summed E-state index contributed by atoms with van der Waals surface area (Å²) in [5.41, 5.74) is 3.93. The van der Waals surface area contributed by atoms with Gasteiger partial charge in [-0.15, -0.1) is 0 Å². The van der Waals surface area contributed by atoms with E-state index in [0.717, 1.165) is 22.5 Å². The molecule has 0 radical (unpaired) electrons. The van der Waals surface area contributed by atoms with E-state index >= 15 is 0 Å². The Morgan fingerprint density at radius 1 is 1.42 bits per heavy atom. The number of nitrogens with one attached hydrogen (secondary N) is 2. The van der Waals surface area contributed by atoms with Crippen molar-refractivity contribution in [2.45, 2.75) is 39.7 Å². The van der Waals surface area contributed by atoms with Gasteiger partial charge in [0.15, 0.2) is 11.5 Å². The Morgan fingerprint density at radius 2 is 2.21 bits per heavy atom. The molecule has 1 amide bonds. The summed E-state index contributed by atoms with van der Waals surface area (Å²) >= 11 is 6.15. The third-order valence-electron chi connectivity index (χ3n) is 4.15. The van der Waals surface area contributed by atoms with Crippen LogP contribution in [0.2, 0.25) is 5.02 Å². The summed E-state index contributed by atoms with van der Waals surface area (Å²) in [5.74, 6) is 1.26. The van der Waals surface area contributed by atoms with E-state index in [0.29, 0.717) is 29.5 Å². The smallest absolute Gasteiger partial charge is 0.231 e. The number of carbonyl (C=O) groups excluding carboxylic acids is 1. The molecule has 7 heteroatoms. The van der Waals surface area contributed by atoms with Crippen LogP contribution in [0.4, 0.5) is 0 Å². The van der Waals surface area contributed by atoms with E-state index in [1.807, 2.05) is 26.8 Å². The molecule has 0 unspecified atom stereocenters. The molecule has 1 aromatic heterocycles. The average molecular weight is 350 g/mol. The molecule has 24 heavy (non-hydrogen) atoms. The molecule has 2 aromatic rings. The van der Waals surface area contributed by atoms with E-state index in [4.69, 9.17) is 21.1 Å². The fraction of sp³-hybridized carbons (Fsp3) is 0.412. The number of benzene rings is 1. The zero-order chi connectivity index (χ0) is 17.3. The molecule has 3 rings (SSSR count). The molecule has 0 fully saturated rings. The third kappa shape index (κ3) is 3.33. The van der Waals surface area contributed by atoms with Gasteiger partial charge in [-0.05, 0) is 43.0 Å². The molecule has 2 N–H and O–H groups in total. The lowest BCUT2D eigenvalue weighted by Crippen LogP contribution is -2.24. The van der Waals surface area contributed by atoms with Gasteiger partial charge in [-0.25, -0.2) is 0 Å². The highest BCUT2D eigenvalue weighted by atomic mass is 35.5. The number of H-pyrrole nitrogens is 1. The van der Waals surface area contributed by atoms with Gasteiger partial charge in [-0.1, -0.05) is 18.5 Å². The van der Waals surface area contributed by atoms with Crippen LogP contribution in [0.25, 0.3) is 0 Å². The highest BCUT2D eigenvalue weighted by Crippen LogP contribution is 2.39. The lowest BCUT2D eigenvalue weighted by molar-refractivity contribution is -0.121. The maximum atomic E-state index is 12.2. The van der Waals surface area contributed by atoms with Gasteiger partial charge < -0.3 is 14.8 Å². The Bertz CT molecular complexity index is 753. The quantitative estimate of drug-likeness (QED) is 0.869. The van der Waals surface area contributed by atoms with Crippen molar-refractivity contribution in [2.24, 2.45) is 0 Å². The normalized spacial score (nSPS) is 13.8. The number of hydrogen-bond donors (Lipinski definition) is 2. The number of ether oxygens (including phenoxy) is 2. The van der Waals surface area contributed by atoms with Gasteiger partial charge >= 0.3 is 0 Å². The molecule has 128 valence electrons. The van der Waals surface area contributed by atoms with Crippen molar-refractivity contribution in [1.82, 2.24) is 15.5 Å². The zero-order valence-corrected chi connectivity index (χ0v) is 14.7. The van der Waals surface area contributed by atoms with Crippen LogP contribution in [-0.2, 0) is 11.3 Å². The first-order valence-corrected chi connectivity index (χ1v) is 8.19. The fourth-order valence-corrected chi connectivity index (χ4v) is 3.35. The first kappa shape index (κ1) is 16.6. The summed E-state index contributed by atoms with van der Waals surface area (Å²) in [4.78, 5) is 12.2. The van der Waals surface area contributed by atoms with Crippen LogP contribution in [0.1, 0.15) is 41.8 Å². The first-order valence-electron chi connectivity index (χ1n) is 7.82. The number of fused-ring (bicyclic) bond motifs is 1. The van der Waals surface area contributed by atoms with Crippen LogP contribution < -0.4 is 14.8 Å². The highest BCUT2D eigenvalue weighted by Gasteiger charge is 2.20. The average Bonchev–Trinajstić information content (AvgIpc) is 3.12. The predicted octanol–water partition coefficient (Wildman–Crippen LogP) is 3.22. The van der Waals surface area contributed by atoms with Gasteiger partial charge in [0.2, 0.25) is 12.7 Å². The molecular weight excluding hydrogens is 330 g/mol. The largest absolute Gasteiger partial charge is 0.454 e. The molecule has 0 saturated heterocycles. The number of hydrogen-bond acceptors (Lipinski definition) is 4. The van der Waals surface area contributed by atoms with E-state index in [-0.39, 0.29) is 18.6 Å². The van der Waals surface area contributed by atoms with Crippen molar-refractivity contribution in [3.63, 3.8) is 0 Å². The Balaban J connectivity index is 1.59. The number of amides is 1. The summed E-state index contributed by atoms with van der Waals surface area (Å²) in [5, 5.41) is 10.6. The molecule has 1 aliphatic rings. The minimum absolute atomic E-state index is 0.0173. The molecule has 0 spiro atoms. The number of nitrogens with zero attached hydrogens (tertiary/aromatic N) is 1. The highest BCUT2D eigenvalue weighted by molar-refractivity contribution is 6.32. The van der Waals surface area contributed by atoms with Crippen LogP contribution in [0, 0.1) is 13.8 Å². The van der Waals surface area contributed by atoms with Gasteiger partial charge in [0.05, 0.1) is 10.7 Å². The fourth-order valence-electron chi connectivity index (χ4n) is 3.06. The molecule has 1 aliphatic heterocycles. The standard InChI is InChI=1S/C17H20ClN3O3/c1-9(16-10(2)20-21-11(16)3)4-15(22)19-7-12-5-13(18)17-14(6-12)23-8-24-17/h5-6,9H,4,7-8H2,1-3H3,(H,19,22)(H,20,21)/t9-/m0/s1. The van der Waals surface area contributed by atoms with E-state index in [1.165, 1.54) is 0 Å². The van der Waals surface area contributed by atoms with Crippen LogP contribution in [0.3, 0.4) is 0 Å². The van der Waals surface area contributed by atoms with Crippen molar-refractivity contribution in [3.8, 4) is 11.5 Å². The van der Waals surface area contributed by atoms with Crippen molar-refractivity contribution in [1.29, 1.82) is 0 Å². The number of rotatable bonds is 5. The van der Waals surface area contributed by atoms with Gasteiger partial charge in [0, 0.05) is 18.7 Å². The van der Waals surface area contributed by atoms with Crippen molar-refractivity contribution in [2.75, 3.05) is 6.79 Å². The Hall–Kier alpha value is -2.21. The second-order valence-corrected chi connectivity index (χ2v) is 6.45. The summed E-state index contributed by atoms with van der Waals surface area (Å²) in [6, 6.07) is 3.62. The van der Waals surface area contributed by atoms with Gasteiger partial charge in [-0.2, -0.15) is 5.10 Å². The van der Waals surface area contributed by atoms with Crippen LogP contribution >= 0.6 is 11.6 Å². The van der Waals surface area contributed by atoms with E-state index in [2.05, 4.69) is 15.5 Å². The molecule has 0 aliphatic carbocycles. The monoisotopic (exact) mass is 349 g/mol. The lowest BCUT2D eigenvalue weighted by Gasteiger charge is -2.13. The minimum Gasteiger partial charge on any atom is -0.454 e. The lowest BCUT2D eigenvalue weighted by atomic mass is 9.95. The number of aromatic amines is 1. The van der Waals surface area contributed by atoms with Gasteiger partial charge in [0.1, 0.15) is 0 Å². The number of halogens is 1. The van der Waals surface area contributed by atoms with Crippen LogP contribution in [-0.4, -0.2) is 22.9 Å². The van der Waals surface area contributed by atoms with Crippen molar-refractivity contribution >= 4 is 17.5 Å². The van der Waals surface area contributed by atoms with E-state index < -0.39 is 0 Å². The molecule has 0 saturated carbocycles. The zero-order valence-electron chi connectivity index (χ0n) is 13.9. The van der Waals surface area contributed by atoms with Crippen LogP contribution in [0.5, 0.6) is 11.5 Å². The maximum absolute atomic E-state index is 12.2. The van der Waals surface area contributed by atoms with E-state index in [9.17, 15) is 4.79 Å². The Labute approximate surface area is 145 Å². The molecular formula is C17H20ClN3O3. The summed E-state index contributed by atoms with van der Waals surface area (Å²) in [6.07, 6.45) is 0.402. The minimum atomic E-state index is -0.0173. The third-order valence-corrected chi connectivity index (χ3v) is 4.43. The SMILES string of the molecule is Cc1n[nH]c(C)c1[C@@H](C)CC(=O)NCc1cc(Cl)c2c(c1)OCO2. The Kier molecular flexibility index (Phi) is 4.66. The summed E-state index contributed by atoms with van der Waals surface area (Å²) in [6.45, 7) is 6.51. The second kappa shape index (κ2) is 6.73. The topological polar surface area (TPSA) is 76.2 Å². The van der Waals surface area contributed by atoms with Crippen molar-refractivity contribution in [3.05, 3.63) is 39.7 Å². The first-order chi connectivity index (χ1) is 11.5. The number of aryl methyl sites for hydroxylation is 2.